The summed E-state index contributed by atoms with van der Waals surface area (Å²) in [5.41, 5.74) is 0. The number of hydrogen-bond acceptors (Lipinski definition) is 5. The second-order valence-corrected chi connectivity index (χ2v) is 5.03. The Bertz CT molecular complexity index is 197. The van der Waals surface area contributed by atoms with Crippen molar-refractivity contribution in [1.29, 1.82) is 0 Å². The molecule has 1 saturated heterocycles. The van der Waals surface area contributed by atoms with Gasteiger partial charge in [-0.05, 0) is 25.8 Å². The van der Waals surface area contributed by atoms with Gasteiger partial charge in [0.15, 0.2) is 0 Å². The number of ether oxygens (including phenoxy) is 3. The SMILES string of the molecule is COCCOCC(O)CN(C)CC1CCCOC1. The van der Waals surface area contributed by atoms with Crippen LogP contribution in [0.5, 0.6) is 0 Å². The van der Waals surface area contributed by atoms with Crippen LogP contribution in [0, 0.1) is 5.92 Å². The Labute approximate surface area is 110 Å². The summed E-state index contributed by atoms with van der Waals surface area (Å²) in [6.07, 6.45) is 1.95. The van der Waals surface area contributed by atoms with Gasteiger partial charge in [0.1, 0.15) is 0 Å². The van der Waals surface area contributed by atoms with Gasteiger partial charge in [0.2, 0.25) is 0 Å². The first-order valence-electron chi connectivity index (χ1n) is 6.73. The van der Waals surface area contributed by atoms with E-state index in [1.54, 1.807) is 7.11 Å². The Morgan fingerprint density at radius 3 is 2.94 bits per heavy atom. The van der Waals surface area contributed by atoms with Crippen molar-refractivity contribution in [3.05, 3.63) is 0 Å². The number of likely N-dealkylation sites (N-methyl/N-ethyl adjacent to an activating group) is 1. The standard InChI is InChI=1S/C13H27NO4/c1-14(8-12-4-3-5-17-10-12)9-13(15)11-18-7-6-16-2/h12-13,15H,3-11H2,1-2H3. The zero-order valence-electron chi connectivity index (χ0n) is 11.6. The van der Waals surface area contributed by atoms with E-state index in [1.165, 1.54) is 6.42 Å². The van der Waals surface area contributed by atoms with E-state index < -0.39 is 6.10 Å². The fraction of sp³-hybridized carbons (Fsp3) is 1.00. The first kappa shape index (κ1) is 15.9. The third kappa shape index (κ3) is 7.28. The van der Waals surface area contributed by atoms with E-state index in [0.29, 0.717) is 32.3 Å². The van der Waals surface area contributed by atoms with Crippen molar-refractivity contribution in [2.24, 2.45) is 5.92 Å². The Balaban J connectivity index is 2.04. The number of methoxy groups -OCH3 is 1. The van der Waals surface area contributed by atoms with Crippen LogP contribution in [0.4, 0.5) is 0 Å². The van der Waals surface area contributed by atoms with Crippen LogP contribution >= 0.6 is 0 Å². The third-order valence-corrected chi connectivity index (χ3v) is 3.09. The predicted molar refractivity (Wildman–Crippen MR) is 69.7 cm³/mol. The monoisotopic (exact) mass is 261 g/mol. The number of rotatable bonds is 9. The Morgan fingerprint density at radius 1 is 1.44 bits per heavy atom. The van der Waals surface area contributed by atoms with Crippen LogP contribution in [-0.4, -0.2) is 76.4 Å². The molecule has 2 unspecified atom stereocenters. The van der Waals surface area contributed by atoms with E-state index in [2.05, 4.69) is 4.90 Å². The van der Waals surface area contributed by atoms with Crippen molar-refractivity contribution in [2.45, 2.75) is 18.9 Å². The van der Waals surface area contributed by atoms with Gasteiger partial charge in [0, 0.05) is 26.8 Å². The van der Waals surface area contributed by atoms with Gasteiger partial charge in [0.05, 0.1) is 32.5 Å². The van der Waals surface area contributed by atoms with E-state index >= 15 is 0 Å². The molecule has 2 atom stereocenters. The lowest BCUT2D eigenvalue weighted by Gasteiger charge is -2.28. The first-order chi connectivity index (χ1) is 8.72. The highest BCUT2D eigenvalue weighted by Gasteiger charge is 2.17. The second kappa shape index (κ2) is 9.69. The highest BCUT2D eigenvalue weighted by Crippen LogP contribution is 2.14. The molecule has 1 rings (SSSR count). The molecule has 0 saturated carbocycles. The Hall–Kier alpha value is -0.200. The Kier molecular flexibility index (Phi) is 8.54. The topological polar surface area (TPSA) is 51.2 Å². The number of nitrogens with zero attached hydrogens (tertiary/aromatic N) is 1. The van der Waals surface area contributed by atoms with Crippen LogP contribution in [-0.2, 0) is 14.2 Å². The van der Waals surface area contributed by atoms with Gasteiger partial charge in [-0.3, -0.25) is 0 Å². The van der Waals surface area contributed by atoms with Gasteiger partial charge in [-0.15, -0.1) is 0 Å². The summed E-state index contributed by atoms with van der Waals surface area (Å²) in [5, 5.41) is 9.81. The summed E-state index contributed by atoms with van der Waals surface area (Å²) in [6, 6.07) is 0. The molecule has 5 nitrogen and oxygen atoms in total. The summed E-state index contributed by atoms with van der Waals surface area (Å²) >= 11 is 0. The van der Waals surface area contributed by atoms with Crippen LogP contribution in [0.15, 0.2) is 0 Å². The Morgan fingerprint density at radius 2 is 2.28 bits per heavy atom. The molecule has 0 aromatic heterocycles. The van der Waals surface area contributed by atoms with E-state index in [-0.39, 0.29) is 0 Å². The second-order valence-electron chi connectivity index (χ2n) is 5.03. The lowest BCUT2D eigenvalue weighted by atomic mass is 10.0. The molecular weight excluding hydrogens is 234 g/mol. The van der Waals surface area contributed by atoms with E-state index in [1.807, 2.05) is 7.05 Å². The molecule has 108 valence electrons. The van der Waals surface area contributed by atoms with Crippen molar-refractivity contribution >= 4 is 0 Å². The lowest BCUT2D eigenvalue weighted by Crippen LogP contribution is -2.37. The quantitative estimate of drug-likeness (QED) is 0.608. The minimum atomic E-state index is -0.434. The van der Waals surface area contributed by atoms with E-state index in [4.69, 9.17) is 14.2 Å². The molecule has 1 N–H and O–H groups in total. The first-order valence-corrected chi connectivity index (χ1v) is 6.73. The van der Waals surface area contributed by atoms with Crippen molar-refractivity contribution in [3.63, 3.8) is 0 Å². The molecule has 0 spiro atoms. The maximum atomic E-state index is 9.81. The molecule has 0 aromatic rings. The van der Waals surface area contributed by atoms with Gasteiger partial charge in [-0.25, -0.2) is 0 Å². The molecule has 1 heterocycles. The maximum absolute atomic E-state index is 9.81. The van der Waals surface area contributed by atoms with Gasteiger partial charge in [0.25, 0.3) is 0 Å². The lowest BCUT2D eigenvalue weighted by molar-refractivity contribution is -0.00518. The number of aliphatic hydroxyl groups excluding tert-OH is 1. The average Bonchev–Trinajstić information content (AvgIpc) is 2.35. The van der Waals surface area contributed by atoms with Crippen LogP contribution in [0.2, 0.25) is 0 Å². The van der Waals surface area contributed by atoms with Gasteiger partial charge in [-0.2, -0.15) is 0 Å². The molecule has 0 aliphatic carbocycles. The fourth-order valence-electron chi connectivity index (χ4n) is 2.24. The normalized spacial score (nSPS) is 22.3. The van der Waals surface area contributed by atoms with Crippen molar-refractivity contribution < 1.29 is 19.3 Å². The predicted octanol–water partition coefficient (Wildman–Crippen LogP) is 0.369. The zero-order chi connectivity index (χ0) is 13.2. The molecule has 0 bridgehead atoms. The maximum Gasteiger partial charge on any atom is 0.0900 e. The van der Waals surface area contributed by atoms with Crippen LogP contribution in [0.3, 0.4) is 0 Å². The minimum absolute atomic E-state index is 0.370. The van der Waals surface area contributed by atoms with Crippen LogP contribution in [0.1, 0.15) is 12.8 Å². The van der Waals surface area contributed by atoms with E-state index in [9.17, 15) is 5.11 Å². The van der Waals surface area contributed by atoms with Crippen molar-refractivity contribution in [1.82, 2.24) is 4.90 Å². The van der Waals surface area contributed by atoms with Crippen LogP contribution < -0.4 is 0 Å². The largest absolute Gasteiger partial charge is 0.389 e. The molecular formula is C13H27NO4. The molecule has 1 fully saturated rings. The highest BCUT2D eigenvalue weighted by atomic mass is 16.5. The summed E-state index contributed by atoms with van der Waals surface area (Å²) in [5.74, 6) is 0.602. The highest BCUT2D eigenvalue weighted by molar-refractivity contribution is 4.69. The molecule has 0 aromatic carbocycles. The van der Waals surface area contributed by atoms with Gasteiger partial charge >= 0.3 is 0 Å². The van der Waals surface area contributed by atoms with Gasteiger partial charge < -0.3 is 24.2 Å². The summed E-state index contributed by atoms with van der Waals surface area (Å²) < 4.78 is 15.6. The smallest absolute Gasteiger partial charge is 0.0900 e. The molecule has 1 aliphatic rings. The van der Waals surface area contributed by atoms with Gasteiger partial charge in [-0.1, -0.05) is 0 Å². The third-order valence-electron chi connectivity index (χ3n) is 3.09. The van der Waals surface area contributed by atoms with Crippen molar-refractivity contribution in [2.75, 3.05) is 60.3 Å². The zero-order valence-corrected chi connectivity index (χ0v) is 11.6. The molecule has 0 radical (unpaired) electrons. The number of hydrogen-bond donors (Lipinski definition) is 1. The summed E-state index contributed by atoms with van der Waals surface area (Å²) in [7, 11) is 3.67. The summed E-state index contributed by atoms with van der Waals surface area (Å²) in [4.78, 5) is 2.16. The number of aliphatic hydroxyl groups is 1. The minimum Gasteiger partial charge on any atom is -0.389 e. The van der Waals surface area contributed by atoms with Crippen LogP contribution in [0.25, 0.3) is 0 Å². The summed E-state index contributed by atoms with van der Waals surface area (Å²) in [6.45, 7) is 4.85. The fourth-order valence-corrected chi connectivity index (χ4v) is 2.24. The molecule has 18 heavy (non-hydrogen) atoms. The molecule has 1 aliphatic heterocycles. The molecule has 5 heteroatoms. The van der Waals surface area contributed by atoms with E-state index in [0.717, 1.165) is 26.2 Å². The molecule has 0 amide bonds. The average molecular weight is 261 g/mol. The van der Waals surface area contributed by atoms with Crippen molar-refractivity contribution in [3.8, 4) is 0 Å².